The first-order valence-corrected chi connectivity index (χ1v) is 7.08. The van der Waals surface area contributed by atoms with Gasteiger partial charge in [0.1, 0.15) is 6.04 Å². The summed E-state index contributed by atoms with van der Waals surface area (Å²) in [6.45, 7) is 0.975. The van der Waals surface area contributed by atoms with E-state index in [0.717, 1.165) is 12.8 Å². The molecule has 4 unspecified atom stereocenters. The Hall–Kier alpha value is -1.07. The topological polar surface area (TPSA) is 29.3 Å². The van der Waals surface area contributed by atoms with Crippen LogP contribution in [0.25, 0.3) is 0 Å². The zero-order valence-corrected chi connectivity index (χ0v) is 11.2. The molecule has 110 valence electrons. The monoisotopic (exact) mass is 284 g/mol. The molecule has 0 amide bonds. The quantitative estimate of drug-likeness (QED) is 0.904. The highest BCUT2D eigenvalue weighted by atomic mass is 19.4. The van der Waals surface area contributed by atoms with E-state index in [1.54, 1.807) is 35.2 Å². The maximum Gasteiger partial charge on any atom is 0.408 e. The molecule has 0 radical (unpaired) electrons. The lowest BCUT2D eigenvalue weighted by atomic mass is 9.98. The van der Waals surface area contributed by atoms with Gasteiger partial charge in [-0.05, 0) is 30.2 Å². The number of benzene rings is 1. The molecule has 4 atom stereocenters. The molecule has 20 heavy (non-hydrogen) atoms. The van der Waals surface area contributed by atoms with Gasteiger partial charge in [0.25, 0.3) is 0 Å². The Morgan fingerprint density at radius 2 is 1.80 bits per heavy atom. The van der Waals surface area contributed by atoms with Gasteiger partial charge >= 0.3 is 6.18 Å². The van der Waals surface area contributed by atoms with Gasteiger partial charge in [-0.2, -0.15) is 13.2 Å². The van der Waals surface area contributed by atoms with Crippen molar-refractivity contribution in [1.82, 2.24) is 4.90 Å². The van der Waals surface area contributed by atoms with Crippen LogP contribution >= 0.6 is 0 Å². The number of nitrogens with zero attached hydrogens (tertiary/aromatic N) is 1. The molecule has 1 aromatic carbocycles. The van der Waals surface area contributed by atoms with Gasteiger partial charge in [-0.25, -0.2) is 0 Å². The third kappa shape index (κ3) is 2.44. The fraction of sp³-hybridized carbons (Fsp3) is 0.600. The van der Waals surface area contributed by atoms with E-state index in [1.165, 1.54) is 0 Å². The summed E-state index contributed by atoms with van der Waals surface area (Å²) in [5, 5.41) is 0. The molecule has 5 heteroatoms. The standard InChI is InChI=1S/C15H19F3N2/c16-15(17,18)14(10-4-2-1-3-5-10)20-8-11-6-7-13(19)12(11)9-20/h1-5,11-14H,6-9,19H2. The molecular formula is C15H19F3N2. The molecule has 1 aliphatic heterocycles. The summed E-state index contributed by atoms with van der Waals surface area (Å²) in [7, 11) is 0. The first kappa shape index (κ1) is 13.9. The van der Waals surface area contributed by atoms with Crippen LogP contribution in [0.15, 0.2) is 30.3 Å². The van der Waals surface area contributed by atoms with Gasteiger partial charge in [0.05, 0.1) is 0 Å². The van der Waals surface area contributed by atoms with Crippen LogP contribution in [0, 0.1) is 11.8 Å². The minimum Gasteiger partial charge on any atom is -0.327 e. The van der Waals surface area contributed by atoms with E-state index < -0.39 is 12.2 Å². The second-order valence-corrected chi connectivity index (χ2v) is 5.97. The van der Waals surface area contributed by atoms with Crippen LogP contribution in [0.4, 0.5) is 13.2 Å². The molecule has 2 aliphatic rings. The molecule has 2 fully saturated rings. The Kier molecular flexibility index (Phi) is 3.50. The van der Waals surface area contributed by atoms with Gasteiger partial charge < -0.3 is 5.73 Å². The number of likely N-dealkylation sites (tertiary alicyclic amines) is 1. The van der Waals surface area contributed by atoms with Crippen molar-refractivity contribution >= 4 is 0 Å². The summed E-state index contributed by atoms with van der Waals surface area (Å²) < 4.78 is 40.4. The van der Waals surface area contributed by atoms with Crippen molar-refractivity contribution in [2.45, 2.75) is 31.1 Å². The molecule has 1 saturated carbocycles. The van der Waals surface area contributed by atoms with Crippen LogP contribution in [-0.2, 0) is 0 Å². The molecule has 2 N–H and O–H groups in total. The van der Waals surface area contributed by atoms with Gasteiger partial charge in [-0.15, -0.1) is 0 Å². The number of hydrogen-bond donors (Lipinski definition) is 1. The van der Waals surface area contributed by atoms with Crippen molar-refractivity contribution in [2.75, 3.05) is 13.1 Å². The molecule has 3 rings (SSSR count). The third-order valence-corrected chi connectivity index (χ3v) is 4.73. The Balaban J connectivity index is 1.85. The Labute approximate surface area is 116 Å². The first-order chi connectivity index (χ1) is 9.47. The highest BCUT2D eigenvalue weighted by molar-refractivity contribution is 5.21. The number of hydrogen-bond acceptors (Lipinski definition) is 2. The molecule has 0 spiro atoms. The van der Waals surface area contributed by atoms with Gasteiger partial charge in [-0.1, -0.05) is 30.3 Å². The first-order valence-electron chi connectivity index (χ1n) is 7.08. The number of rotatable bonds is 2. The lowest BCUT2D eigenvalue weighted by Crippen LogP contribution is -2.39. The molecule has 1 heterocycles. The lowest BCUT2D eigenvalue weighted by molar-refractivity contribution is -0.184. The Bertz CT molecular complexity index is 460. The fourth-order valence-corrected chi connectivity index (χ4v) is 3.79. The van der Waals surface area contributed by atoms with Crippen molar-refractivity contribution in [3.05, 3.63) is 35.9 Å². The number of halogens is 3. The van der Waals surface area contributed by atoms with Crippen LogP contribution < -0.4 is 5.73 Å². The fourth-order valence-electron chi connectivity index (χ4n) is 3.79. The van der Waals surface area contributed by atoms with E-state index in [1.807, 2.05) is 0 Å². The van der Waals surface area contributed by atoms with Crippen LogP contribution in [0.3, 0.4) is 0 Å². The van der Waals surface area contributed by atoms with Crippen molar-refractivity contribution in [3.63, 3.8) is 0 Å². The van der Waals surface area contributed by atoms with Gasteiger partial charge in [-0.3, -0.25) is 4.90 Å². The van der Waals surface area contributed by atoms with Crippen molar-refractivity contribution < 1.29 is 13.2 Å². The van der Waals surface area contributed by atoms with Crippen LogP contribution in [-0.4, -0.2) is 30.2 Å². The average Bonchev–Trinajstić information content (AvgIpc) is 2.92. The lowest BCUT2D eigenvalue weighted by Gasteiger charge is -2.31. The summed E-state index contributed by atoms with van der Waals surface area (Å²) in [6, 6.07) is 6.76. The average molecular weight is 284 g/mol. The van der Waals surface area contributed by atoms with Gasteiger partial charge in [0.15, 0.2) is 0 Å². The Morgan fingerprint density at radius 3 is 2.40 bits per heavy atom. The molecule has 1 aliphatic carbocycles. The minimum absolute atomic E-state index is 0.0645. The predicted molar refractivity (Wildman–Crippen MR) is 71.0 cm³/mol. The number of fused-ring (bicyclic) bond motifs is 1. The van der Waals surface area contributed by atoms with E-state index in [0.29, 0.717) is 24.6 Å². The van der Waals surface area contributed by atoms with Crippen LogP contribution in [0.1, 0.15) is 24.4 Å². The normalized spacial score (nSPS) is 32.3. The second-order valence-electron chi connectivity index (χ2n) is 5.97. The van der Waals surface area contributed by atoms with E-state index in [9.17, 15) is 13.2 Å². The number of nitrogens with two attached hydrogens (primary N) is 1. The minimum atomic E-state index is -4.25. The van der Waals surface area contributed by atoms with Gasteiger partial charge in [0.2, 0.25) is 0 Å². The molecule has 1 aromatic rings. The smallest absolute Gasteiger partial charge is 0.327 e. The van der Waals surface area contributed by atoms with Crippen LogP contribution in [0.5, 0.6) is 0 Å². The zero-order chi connectivity index (χ0) is 14.3. The summed E-state index contributed by atoms with van der Waals surface area (Å²) in [5.74, 6) is 0.558. The largest absolute Gasteiger partial charge is 0.408 e. The van der Waals surface area contributed by atoms with Gasteiger partial charge in [0, 0.05) is 19.1 Å². The summed E-state index contributed by atoms with van der Waals surface area (Å²) in [4.78, 5) is 1.57. The summed E-state index contributed by atoms with van der Waals surface area (Å²) in [6.07, 6.45) is -2.34. The maximum absolute atomic E-state index is 13.5. The number of alkyl halides is 3. The molecule has 0 bridgehead atoms. The molecular weight excluding hydrogens is 265 g/mol. The van der Waals surface area contributed by atoms with E-state index in [4.69, 9.17) is 5.73 Å². The molecule has 0 aromatic heterocycles. The SMILES string of the molecule is NC1CCC2CN(C(c3ccccc3)C(F)(F)F)CC12. The zero-order valence-electron chi connectivity index (χ0n) is 11.2. The highest BCUT2D eigenvalue weighted by Gasteiger charge is 2.50. The van der Waals surface area contributed by atoms with Crippen LogP contribution in [0.2, 0.25) is 0 Å². The van der Waals surface area contributed by atoms with Crippen molar-refractivity contribution in [3.8, 4) is 0 Å². The summed E-state index contributed by atoms with van der Waals surface area (Å²) in [5.41, 5.74) is 6.35. The summed E-state index contributed by atoms with van der Waals surface area (Å²) >= 11 is 0. The van der Waals surface area contributed by atoms with E-state index in [-0.39, 0.29) is 12.0 Å². The predicted octanol–water partition coefficient (Wildman–Crippen LogP) is 2.96. The molecule has 1 saturated heterocycles. The van der Waals surface area contributed by atoms with Crippen molar-refractivity contribution in [1.29, 1.82) is 0 Å². The van der Waals surface area contributed by atoms with E-state index in [2.05, 4.69) is 0 Å². The highest BCUT2D eigenvalue weighted by Crippen LogP contribution is 2.45. The third-order valence-electron chi connectivity index (χ3n) is 4.73. The second kappa shape index (κ2) is 5.04. The Morgan fingerprint density at radius 1 is 1.10 bits per heavy atom. The molecule has 2 nitrogen and oxygen atoms in total. The van der Waals surface area contributed by atoms with E-state index >= 15 is 0 Å². The van der Waals surface area contributed by atoms with Crippen molar-refractivity contribution in [2.24, 2.45) is 17.6 Å². The maximum atomic E-state index is 13.5.